The number of carbonyl (C=O) groups excluding carboxylic acids is 2. The van der Waals surface area contributed by atoms with Gasteiger partial charge in [0.15, 0.2) is 0 Å². The van der Waals surface area contributed by atoms with E-state index in [1.807, 2.05) is 0 Å². The van der Waals surface area contributed by atoms with E-state index in [0.717, 1.165) is 22.2 Å². The number of rotatable bonds is 6. The first-order valence-corrected chi connectivity index (χ1v) is 11.1. The van der Waals surface area contributed by atoms with Crippen LogP contribution in [0.15, 0.2) is 71.6 Å². The second-order valence-electron chi connectivity index (χ2n) is 6.95. The third kappa shape index (κ3) is 5.15. The van der Waals surface area contributed by atoms with E-state index in [1.165, 1.54) is 6.07 Å². The third-order valence-electron chi connectivity index (χ3n) is 4.75. The lowest BCUT2D eigenvalue weighted by Gasteiger charge is -2.13. The minimum atomic E-state index is -0.383. The second kappa shape index (κ2) is 9.77. The molecule has 0 spiro atoms. The van der Waals surface area contributed by atoms with Crippen LogP contribution in [0.2, 0.25) is 10.0 Å². The van der Waals surface area contributed by atoms with Crippen LogP contribution in [0.25, 0.3) is 6.08 Å². The molecule has 1 fully saturated rings. The quantitative estimate of drug-likeness (QED) is 0.353. The van der Waals surface area contributed by atoms with Crippen molar-refractivity contribution in [3.8, 4) is 5.75 Å². The summed E-state index contributed by atoms with van der Waals surface area (Å²) in [7, 11) is 0. The zero-order valence-electron chi connectivity index (χ0n) is 16.6. The molecule has 3 aromatic rings. The minimum Gasteiger partial charge on any atom is -0.489 e. The molecule has 0 bridgehead atoms. The summed E-state index contributed by atoms with van der Waals surface area (Å²) < 4.78 is 19.3. The summed E-state index contributed by atoms with van der Waals surface area (Å²) in [6.45, 7) is 0.180. The van der Waals surface area contributed by atoms with Gasteiger partial charge in [-0.3, -0.25) is 14.5 Å². The minimum absolute atomic E-state index is 0.0703. The fourth-order valence-corrected chi connectivity index (χ4v) is 4.35. The van der Waals surface area contributed by atoms with Gasteiger partial charge in [0.1, 0.15) is 18.2 Å². The predicted octanol–water partition coefficient (Wildman–Crippen LogP) is 6.95. The summed E-state index contributed by atoms with van der Waals surface area (Å²) in [6.07, 6.45) is 1.65. The maximum absolute atomic E-state index is 13.7. The van der Waals surface area contributed by atoms with Crippen molar-refractivity contribution in [3.05, 3.63) is 104 Å². The van der Waals surface area contributed by atoms with E-state index < -0.39 is 0 Å². The molecule has 4 rings (SSSR count). The Labute approximate surface area is 198 Å². The van der Waals surface area contributed by atoms with Gasteiger partial charge in [-0.05, 0) is 59.3 Å². The largest absolute Gasteiger partial charge is 0.489 e. The number of ether oxygens (including phenoxy) is 1. The Morgan fingerprint density at radius 3 is 2.44 bits per heavy atom. The number of imide groups is 1. The lowest BCUT2D eigenvalue weighted by molar-refractivity contribution is -0.123. The second-order valence-corrected chi connectivity index (χ2v) is 8.79. The summed E-state index contributed by atoms with van der Waals surface area (Å²) in [4.78, 5) is 26.6. The van der Waals surface area contributed by atoms with Crippen LogP contribution in [-0.4, -0.2) is 16.0 Å². The molecular weight excluding hydrogens is 472 g/mol. The highest BCUT2D eigenvalue weighted by Gasteiger charge is 2.35. The van der Waals surface area contributed by atoms with Crippen LogP contribution in [0, 0.1) is 5.82 Å². The number of thioether (sulfide) groups is 1. The van der Waals surface area contributed by atoms with E-state index in [1.54, 1.807) is 66.7 Å². The summed E-state index contributed by atoms with van der Waals surface area (Å²) in [5.41, 5.74) is 1.83. The van der Waals surface area contributed by atoms with E-state index in [4.69, 9.17) is 27.9 Å². The highest BCUT2D eigenvalue weighted by atomic mass is 35.5. The van der Waals surface area contributed by atoms with Crippen molar-refractivity contribution in [2.45, 2.75) is 13.2 Å². The molecule has 0 saturated carbocycles. The summed E-state index contributed by atoms with van der Waals surface area (Å²) in [6, 6.07) is 18.3. The van der Waals surface area contributed by atoms with Gasteiger partial charge in [-0.15, -0.1) is 0 Å². The number of hydrogen-bond donors (Lipinski definition) is 0. The summed E-state index contributed by atoms with van der Waals surface area (Å²) in [5.74, 6) is -0.137. The van der Waals surface area contributed by atoms with E-state index in [2.05, 4.69) is 0 Å². The van der Waals surface area contributed by atoms with Gasteiger partial charge in [-0.2, -0.15) is 0 Å². The topological polar surface area (TPSA) is 46.6 Å². The van der Waals surface area contributed by atoms with Gasteiger partial charge in [0.2, 0.25) is 0 Å². The Hall–Kier alpha value is -2.80. The molecule has 1 aliphatic rings. The molecule has 162 valence electrons. The number of nitrogens with zero attached hydrogens (tertiary/aromatic N) is 1. The third-order valence-corrected chi connectivity index (χ3v) is 6.24. The SMILES string of the molecule is O=C1S/C(=C\c2ccc(OCc3ccccc3F)cc2)C(=O)N1Cc1ccc(Cl)cc1Cl. The van der Waals surface area contributed by atoms with Gasteiger partial charge in [-0.1, -0.05) is 59.6 Å². The maximum Gasteiger partial charge on any atom is 0.293 e. The van der Waals surface area contributed by atoms with Crippen LogP contribution < -0.4 is 4.74 Å². The number of amides is 2. The smallest absolute Gasteiger partial charge is 0.293 e. The number of benzene rings is 3. The first-order valence-electron chi connectivity index (χ1n) is 9.56. The number of hydrogen-bond acceptors (Lipinski definition) is 4. The van der Waals surface area contributed by atoms with Gasteiger partial charge < -0.3 is 4.74 Å². The Bertz CT molecular complexity index is 1210. The molecule has 3 aromatic carbocycles. The van der Waals surface area contributed by atoms with Crippen molar-refractivity contribution in [3.63, 3.8) is 0 Å². The van der Waals surface area contributed by atoms with Crippen molar-refractivity contribution in [1.29, 1.82) is 0 Å². The Kier molecular flexibility index (Phi) is 6.84. The molecule has 0 aliphatic carbocycles. The number of carbonyl (C=O) groups is 2. The highest BCUT2D eigenvalue weighted by Crippen LogP contribution is 2.34. The molecule has 0 N–H and O–H groups in total. The van der Waals surface area contributed by atoms with Crippen molar-refractivity contribution >= 4 is 52.2 Å². The first kappa shape index (κ1) is 22.4. The fourth-order valence-electron chi connectivity index (χ4n) is 3.04. The molecule has 1 saturated heterocycles. The highest BCUT2D eigenvalue weighted by molar-refractivity contribution is 8.18. The molecule has 0 radical (unpaired) electrons. The zero-order valence-corrected chi connectivity index (χ0v) is 18.9. The number of halogens is 3. The average molecular weight is 488 g/mol. The lowest BCUT2D eigenvalue weighted by atomic mass is 10.2. The molecule has 8 heteroatoms. The van der Waals surface area contributed by atoms with Crippen LogP contribution in [0.5, 0.6) is 5.75 Å². The molecule has 32 heavy (non-hydrogen) atoms. The summed E-state index contributed by atoms with van der Waals surface area (Å²) in [5, 5.41) is 0.512. The lowest BCUT2D eigenvalue weighted by Crippen LogP contribution is -2.27. The van der Waals surface area contributed by atoms with Crippen molar-refractivity contribution in [2.75, 3.05) is 0 Å². The Morgan fingerprint density at radius 1 is 0.969 bits per heavy atom. The molecular formula is C24H16Cl2FNO3S. The molecule has 1 heterocycles. The first-order chi connectivity index (χ1) is 15.4. The van der Waals surface area contributed by atoms with Crippen molar-refractivity contribution in [2.24, 2.45) is 0 Å². The Morgan fingerprint density at radius 2 is 1.72 bits per heavy atom. The van der Waals surface area contributed by atoms with E-state index >= 15 is 0 Å². The van der Waals surface area contributed by atoms with Gasteiger partial charge in [0.05, 0.1) is 11.4 Å². The van der Waals surface area contributed by atoms with Crippen LogP contribution >= 0.6 is 35.0 Å². The molecule has 2 amide bonds. The van der Waals surface area contributed by atoms with Crippen LogP contribution in [0.1, 0.15) is 16.7 Å². The van der Waals surface area contributed by atoms with Crippen LogP contribution in [0.3, 0.4) is 0 Å². The van der Waals surface area contributed by atoms with Gasteiger partial charge >= 0.3 is 0 Å². The van der Waals surface area contributed by atoms with Crippen LogP contribution in [-0.2, 0) is 17.9 Å². The molecule has 0 unspecified atom stereocenters. The van der Waals surface area contributed by atoms with Crippen molar-refractivity contribution in [1.82, 2.24) is 4.90 Å². The molecule has 1 aliphatic heterocycles. The van der Waals surface area contributed by atoms with Gasteiger partial charge in [-0.25, -0.2) is 4.39 Å². The average Bonchev–Trinajstić information content (AvgIpc) is 3.03. The Balaban J connectivity index is 1.42. The summed E-state index contributed by atoms with van der Waals surface area (Å²) >= 11 is 12.9. The van der Waals surface area contributed by atoms with E-state index in [9.17, 15) is 14.0 Å². The molecule has 4 nitrogen and oxygen atoms in total. The predicted molar refractivity (Wildman–Crippen MR) is 125 cm³/mol. The van der Waals surface area contributed by atoms with Gasteiger partial charge in [0.25, 0.3) is 11.1 Å². The molecule has 0 atom stereocenters. The van der Waals surface area contributed by atoms with E-state index in [0.29, 0.717) is 31.8 Å². The zero-order chi connectivity index (χ0) is 22.7. The fraction of sp³-hybridized carbons (Fsp3) is 0.0833. The normalized spacial score (nSPS) is 15.0. The molecule has 0 aromatic heterocycles. The maximum atomic E-state index is 13.7. The van der Waals surface area contributed by atoms with Crippen LogP contribution in [0.4, 0.5) is 9.18 Å². The monoisotopic (exact) mass is 487 g/mol. The van der Waals surface area contributed by atoms with Crippen molar-refractivity contribution < 1.29 is 18.7 Å². The van der Waals surface area contributed by atoms with E-state index in [-0.39, 0.29) is 30.1 Å². The van der Waals surface area contributed by atoms with Gasteiger partial charge in [0, 0.05) is 15.6 Å². The standard InChI is InChI=1S/C24H16Cl2FNO3S/c25-18-8-7-16(20(26)12-18)13-28-23(29)22(32-24(28)30)11-15-5-9-19(10-6-15)31-14-17-3-1-2-4-21(17)27/h1-12H,13-14H2/b22-11-.